The monoisotopic (exact) mass is 271 g/mol. The lowest BCUT2D eigenvalue weighted by Gasteiger charge is -2.38. The van der Waals surface area contributed by atoms with E-state index in [4.69, 9.17) is 0 Å². The van der Waals surface area contributed by atoms with Gasteiger partial charge in [0.1, 0.15) is 5.82 Å². The van der Waals surface area contributed by atoms with Crippen molar-refractivity contribution in [3.63, 3.8) is 0 Å². The van der Waals surface area contributed by atoms with Gasteiger partial charge in [0.2, 0.25) is 5.95 Å². The number of rotatable bonds is 2. The average Bonchev–Trinajstić information content (AvgIpc) is 2.49. The van der Waals surface area contributed by atoms with Crippen LogP contribution in [0.2, 0.25) is 0 Å². The number of nitrogens with zero attached hydrogens (tertiary/aromatic N) is 4. The highest BCUT2D eigenvalue weighted by Crippen LogP contribution is 2.26. The third-order valence-electron chi connectivity index (χ3n) is 4.07. The molecule has 1 aliphatic heterocycles. The Morgan fingerprint density at radius 3 is 2.75 bits per heavy atom. The zero-order valence-corrected chi connectivity index (χ0v) is 12.3. The van der Waals surface area contributed by atoms with Crippen LogP contribution in [0.15, 0.2) is 24.3 Å². The molecular formula is C15H21N5. The molecule has 0 aliphatic carbocycles. The summed E-state index contributed by atoms with van der Waals surface area (Å²) in [4.78, 5) is 14.0. The number of hydrogen-bond acceptors (Lipinski definition) is 5. The fourth-order valence-electron chi connectivity index (χ4n) is 2.65. The predicted molar refractivity (Wildman–Crippen MR) is 83.4 cm³/mol. The van der Waals surface area contributed by atoms with Crippen LogP contribution in [0.1, 0.15) is 6.92 Å². The van der Waals surface area contributed by atoms with Crippen molar-refractivity contribution in [3.8, 4) is 0 Å². The van der Waals surface area contributed by atoms with E-state index in [0.717, 1.165) is 36.4 Å². The SMILES string of the molecule is CNc1nc(N2CCN(C)C(C)C2)c2ccccc2n1. The van der Waals surface area contributed by atoms with Crippen LogP contribution in [0.5, 0.6) is 0 Å². The van der Waals surface area contributed by atoms with E-state index in [0.29, 0.717) is 12.0 Å². The Morgan fingerprint density at radius 2 is 2.00 bits per heavy atom. The van der Waals surface area contributed by atoms with E-state index in [9.17, 15) is 0 Å². The van der Waals surface area contributed by atoms with Gasteiger partial charge in [-0.2, -0.15) is 4.98 Å². The first-order valence-corrected chi connectivity index (χ1v) is 7.09. The first kappa shape index (κ1) is 13.1. The summed E-state index contributed by atoms with van der Waals surface area (Å²) >= 11 is 0. The van der Waals surface area contributed by atoms with Gasteiger partial charge in [-0.1, -0.05) is 12.1 Å². The number of piperazine rings is 1. The molecule has 3 rings (SSSR count). The Bertz CT molecular complexity index is 612. The summed E-state index contributed by atoms with van der Waals surface area (Å²) in [5, 5.41) is 4.19. The molecule has 106 valence electrons. The summed E-state index contributed by atoms with van der Waals surface area (Å²) in [5.41, 5.74) is 0.994. The molecule has 1 saturated heterocycles. The third kappa shape index (κ3) is 2.29. The molecule has 1 fully saturated rings. The predicted octanol–water partition coefficient (Wildman–Crippen LogP) is 1.81. The summed E-state index contributed by atoms with van der Waals surface area (Å²) in [6, 6.07) is 8.75. The van der Waals surface area contributed by atoms with Crippen LogP contribution in [0.4, 0.5) is 11.8 Å². The summed E-state index contributed by atoms with van der Waals surface area (Å²) in [6.45, 7) is 5.33. The minimum atomic E-state index is 0.538. The Morgan fingerprint density at radius 1 is 1.20 bits per heavy atom. The van der Waals surface area contributed by atoms with Crippen molar-refractivity contribution in [3.05, 3.63) is 24.3 Å². The van der Waals surface area contributed by atoms with Crippen LogP contribution in [0.3, 0.4) is 0 Å². The van der Waals surface area contributed by atoms with Gasteiger partial charge >= 0.3 is 0 Å². The molecule has 5 nitrogen and oxygen atoms in total. The smallest absolute Gasteiger partial charge is 0.224 e. The van der Waals surface area contributed by atoms with Gasteiger partial charge in [-0.15, -0.1) is 0 Å². The van der Waals surface area contributed by atoms with Gasteiger partial charge in [0.15, 0.2) is 0 Å². The van der Waals surface area contributed by atoms with Gasteiger partial charge < -0.3 is 15.1 Å². The average molecular weight is 271 g/mol. The van der Waals surface area contributed by atoms with E-state index in [1.54, 1.807) is 0 Å². The van der Waals surface area contributed by atoms with Gasteiger partial charge in [-0.25, -0.2) is 4.98 Å². The van der Waals surface area contributed by atoms with Crippen molar-refractivity contribution in [2.24, 2.45) is 0 Å². The number of anilines is 2. The summed E-state index contributed by atoms with van der Waals surface area (Å²) in [5.74, 6) is 1.73. The highest BCUT2D eigenvalue weighted by Gasteiger charge is 2.23. The van der Waals surface area contributed by atoms with E-state index in [-0.39, 0.29) is 0 Å². The van der Waals surface area contributed by atoms with Crippen molar-refractivity contribution < 1.29 is 0 Å². The molecular weight excluding hydrogens is 250 g/mol. The van der Waals surface area contributed by atoms with Crippen LogP contribution in [-0.2, 0) is 0 Å². The van der Waals surface area contributed by atoms with Crippen molar-refractivity contribution in [1.29, 1.82) is 0 Å². The summed E-state index contributed by atoms with van der Waals surface area (Å²) < 4.78 is 0. The van der Waals surface area contributed by atoms with Gasteiger partial charge in [-0.05, 0) is 26.1 Å². The maximum absolute atomic E-state index is 4.69. The fraction of sp³-hybridized carbons (Fsp3) is 0.467. The lowest BCUT2D eigenvalue weighted by atomic mass is 10.1. The van der Waals surface area contributed by atoms with Crippen LogP contribution < -0.4 is 10.2 Å². The molecule has 0 bridgehead atoms. The maximum Gasteiger partial charge on any atom is 0.224 e. The topological polar surface area (TPSA) is 44.3 Å². The van der Waals surface area contributed by atoms with Crippen molar-refractivity contribution in [2.45, 2.75) is 13.0 Å². The Labute approximate surface area is 119 Å². The molecule has 1 atom stereocenters. The molecule has 2 aromatic rings. The Hall–Kier alpha value is -1.88. The van der Waals surface area contributed by atoms with Gasteiger partial charge in [-0.3, -0.25) is 0 Å². The second-order valence-corrected chi connectivity index (χ2v) is 5.41. The number of aromatic nitrogens is 2. The second kappa shape index (κ2) is 5.25. The molecule has 1 N–H and O–H groups in total. The largest absolute Gasteiger partial charge is 0.357 e. The van der Waals surface area contributed by atoms with Gasteiger partial charge in [0.25, 0.3) is 0 Å². The molecule has 0 saturated carbocycles. The lowest BCUT2D eigenvalue weighted by molar-refractivity contribution is 0.233. The van der Waals surface area contributed by atoms with E-state index >= 15 is 0 Å². The van der Waals surface area contributed by atoms with Crippen LogP contribution in [0.25, 0.3) is 10.9 Å². The number of para-hydroxylation sites is 1. The first-order chi connectivity index (χ1) is 9.69. The lowest BCUT2D eigenvalue weighted by Crippen LogP contribution is -2.50. The normalized spacial score (nSPS) is 20.4. The fourth-order valence-corrected chi connectivity index (χ4v) is 2.65. The number of nitrogens with one attached hydrogen (secondary N) is 1. The van der Waals surface area contributed by atoms with Crippen molar-refractivity contribution >= 4 is 22.7 Å². The third-order valence-corrected chi connectivity index (χ3v) is 4.07. The maximum atomic E-state index is 4.69. The standard InChI is InChI=1S/C15H21N5/c1-11-10-20(9-8-19(11)3)14-12-6-4-5-7-13(12)17-15(16-2)18-14/h4-7,11H,8-10H2,1-3H3,(H,16,17,18). The van der Waals surface area contributed by atoms with Crippen molar-refractivity contribution in [1.82, 2.24) is 14.9 Å². The summed E-state index contributed by atoms with van der Waals surface area (Å²) in [7, 11) is 4.04. The molecule has 1 aromatic carbocycles. The molecule has 0 radical (unpaired) electrons. The minimum Gasteiger partial charge on any atom is -0.357 e. The molecule has 0 amide bonds. The summed E-state index contributed by atoms with van der Waals surface area (Å²) in [6.07, 6.45) is 0. The molecule has 1 aliphatic rings. The van der Waals surface area contributed by atoms with E-state index in [1.807, 2.05) is 25.2 Å². The second-order valence-electron chi connectivity index (χ2n) is 5.41. The number of benzene rings is 1. The first-order valence-electron chi connectivity index (χ1n) is 7.09. The molecule has 1 unspecified atom stereocenters. The molecule has 1 aromatic heterocycles. The molecule has 20 heavy (non-hydrogen) atoms. The number of likely N-dealkylation sites (N-methyl/N-ethyl adjacent to an activating group) is 1. The van der Waals surface area contributed by atoms with Crippen LogP contribution >= 0.6 is 0 Å². The number of hydrogen-bond donors (Lipinski definition) is 1. The van der Waals surface area contributed by atoms with Crippen LogP contribution in [-0.4, -0.2) is 54.6 Å². The molecule has 2 heterocycles. The minimum absolute atomic E-state index is 0.538. The van der Waals surface area contributed by atoms with Gasteiger partial charge in [0, 0.05) is 38.1 Å². The zero-order chi connectivity index (χ0) is 14.1. The molecule has 5 heteroatoms. The van der Waals surface area contributed by atoms with Gasteiger partial charge in [0.05, 0.1) is 5.52 Å². The highest BCUT2D eigenvalue weighted by molar-refractivity contribution is 5.90. The van der Waals surface area contributed by atoms with E-state index in [2.05, 4.69) is 45.1 Å². The Balaban J connectivity index is 2.05. The van der Waals surface area contributed by atoms with E-state index in [1.165, 1.54) is 0 Å². The Kier molecular flexibility index (Phi) is 3.44. The van der Waals surface area contributed by atoms with Crippen LogP contribution in [0, 0.1) is 0 Å². The highest BCUT2D eigenvalue weighted by atomic mass is 15.3. The zero-order valence-electron chi connectivity index (χ0n) is 12.3. The number of fused-ring (bicyclic) bond motifs is 1. The molecule has 0 spiro atoms. The van der Waals surface area contributed by atoms with Crippen molar-refractivity contribution in [2.75, 3.05) is 43.9 Å². The van der Waals surface area contributed by atoms with E-state index < -0.39 is 0 Å². The quantitative estimate of drug-likeness (QED) is 0.902.